The number of benzene rings is 1. The summed E-state index contributed by atoms with van der Waals surface area (Å²) in [5, 5.41) is 4.86. The summed E-state index contributed by atoms with van der Waals surface area (Å²) in [5.41, 5.74) is 1.06. The van der Waals surface area contributed by atoms with Gasteiger partial charge < -0.3 is 5.32 Å². The molecule has 1 rings (SSSR count). The van der Waals surface area contributed by atoms with Gasteiger partial charge in [0.2, 0.25) is 0 Å². The molecule has 0 aliphatic heterocycles. The molecular weight excluding hydrogens is 229 g/mol. The van der Waals surface area contributed by atoms with E-state index in [0.717, 1.165) is 35.1 Å². The Hall–Kier alpha value is -0.240. The highest BCUT2D eigenvalue weighted by Gasteiger charge is 2.09. The van der Waals surface area contributed by atoms with Gasteiger partial charge in [-0.25, -0.2) is 0 Å². The summed E-state index contributed by atoms with van der Waals surface area (Å²) < 4.78 is 0. The highest BCUT2D eigenvalue weighted by atomic mass is 35.5. The van der Waals surface area contributed by atoms with Crippen molar-refractivity contribution in [3.63, 3.8) is 0 Å². The van der Waals surface area contributed by atoms with Crippen LogP contribution in [0.1, 0.15) is 19.4 Å². The van der Waals surface area contributed by atoms with Gasteiger partial charge >= 0.3 is 0 Å². The maximum Gasteiger partial charge on any atom is 0.0452 e. The number of hydrogen-bond acceptors (Lipinski definition) is 1. The minimum Gasteiger partial charge on any atom is -0.317 e. The summed E-state index contributed by atoms with van der Waals surface area (Å²) in [5.74, 6) is 0.544. The Morgan fingerprint density at radius 1 is 1.27 bits per heavy atom. The van der Waals surface area contributed by atoms with Crippen LogP contribution in [0.5, 0.6) is 0 Å². The lowest BCUT2D eigenvalue weighted by Crippen LogP contribution is -2.22. The van der Waals surface area contributed by atoms with Crippen LogP contribution in [0.25, 0.3) is 0 Å². The predicted octanol–water partition coefficient (Wildman–Crippen LogP) is 3.78. The molecule has 1 nitrogen and oxygen atoms in total. The van der Waals surface area contributed by atoms with Crippen molar-refractivity contribution in [2.45, 2.75) is 20.3 Å². The van der Waals surface area contributed by atoms with Crippen molar-refractivity contribution >= 4 is 23.2 Å². The van der Waals surface area contributed by atoms with Gasteiger partial charge in [-0.3, -0.25) is 0 Å². The van der Waals surface area contributed by atoms with Gasteiger partial charge in [-0.15, -0.1) is 0 Å². The summed E-state index contributed by atoms with van der Waals surface area (Å²) in [7, 11) is 0. The van der Waals surface area contributed by atoms with Gasteiger partial charge in [0, 0.05) is 10.0 Å². The molecule has 0 saturated carbocycles. The van der Waals surface area contributed by atoms with E-state index in [1.54, 1.807) is 0 Å². The molecule has 1 atom stereocenters. The summed E-state index contributed by atoms with van der Waals surface area (Å²) >= 11 is 12.2. The molecule has 0 bridgehead atoms. The Morgan fingerprint density at radius 3 is 2.40 bits per heavy atom. The smallest absolute Gasteiger partial charge is 0.0452 e. The van der Waals surface area contributed by atoms with Crippen molar-refractivity contribution < 1.29 is 0 Å². The molecule has 0 spiro atoms. The predicted molar refractivity (Wildman–Crippen MR) is 67.9 cm³/mol. The van der Waals surface area contributed by atoms with E-state index < -0.39 is 0 Å². The van der Waals surface area contributed by atoms with Crippen LogP contribution in [0.15, 0.2) is 18.2 Å². The second-order valence-corrected chi connectivity index (χ2v) is 4.63. The summed E-state index contributed by atoms with van der Waals surface area (Å²) in [6.45, 7) is 6.30. The summed E-state index contributed by atoms with van der Waals surface area (Å²) in [6, 6.07) is 5.66. The Kier molecular flexibility index (Phi) is 5.44. The fourth-order valence-corrected chi connectivity index (χ4v) is 2.09. The average Bonchev–Trinajstić information content (AvgIpc) is 2.21. The Labute approximate surface area is 102 Å². The monoisotopic (exact) mass is 245 g/mol. The van der Waals surface area contributed by atoms with Crippen LogP contribution < -0.4 is 5.32 Å². The van der Waals surface area contributed by atoms with Crippen molar-refractivity contribution in [2.24, 2.45) is 5.92 Å². The van der Waals surface area contributed by atoms with Crippen LogP contribution >= 0.6 is 23.2 Å². The van der Waals surface area contributed by atoms with Gasteiger partial charge in [0.1, 0.15) is 0 Å². The van der Waals surface area contributed by atoms with Crippen LogP contribution in [0.4, 0.5) is 0 Å². The SMILES string of the molecule is CCNCC(C)Cc1c(Cl)cccc1Cl. The van der Waals surface area contributed by atoms with Crippen molar-refractivity contribution in [3.05, 3.63) is 33.8 Å². The van der Waals surface area contributed by atoms with E-state index >= 15 is 0 Å². The van der Waals surface area contributed by atoms with Crippen LogP contribution in [-0.2, 0) is 6.42 Å². The second-order valence-electron chi connectivity index (χ2n) is 3.82. The minimum atomic E-state index is 0.544. The first-order valence-electron chi connectivity index (χ1n) is 5.28. The molecule has 0 aliphatic carbocycles. The molecular formula is C12H17Cl2N. The molecule has 84 valence electrons. The third-order valence-corrected chi connectivity index (χ3v) is 3.07. The molecule has 0 heterocycles. The lowest BCUT2D eigenvalue weighted by Gasteiger charge is -2.13. The maximum absolute atomic E-state index is 6.10. The molecule has 1 N–H and O–H groups in total. The van der Waals surface area contributed by atoms with Crippen molar-refractivity contribution in [2.75, 3.05) is 13.1 Å². The largest absolute Gasteiger partial charge is 0.317 e. The van der Waals surface area contributed by atoms with E-state index in [1.165, 1.54) is 0 Å². The topological polar surface area (TPSA) is 12.0 Å². The van der Waals surface area contributed by atoms with Crippen molar-refractivity contribution in [1.82, 2.24) is 5.32 Å². The van der Waals surface area contributed by atoms with E-state index in [9.17, 15) is 0 Å². The molecule has 0 radical (unpaired) electrons. The van der Waals surface area contributed by atoms with Crippen LogP contribution in [0.3, 0.4) is 0 Å². The quantitative estimate of drug-likeness (QED) is 0.833. The summed E-state index contributed by atoms with van der Waals surface area (Å²) in [4.78, 5) is 0. The van der Waals surface area contributed by atoms with Crippen LogP contribution in [0.2, 0.25) is 10.0 Å². The van der Waals surface area contributed by atoms with Gasteiger partial charge in [-0.05, 0) is 43.1 Å². The Balaban J connectivity index is 2.63. The second kappa shape index (κ2) is 6.37. The molecule has 0 aromatic heterocycles. The van der Waals surface area contributed by atoms with Crippen molar-refractivity contribution in [3.8, 4) is 0 Å². The third-order valence-electron chi connectivity index (χ3n) is 2.36. The van der Waals surface area contributed by atoms with E-state index in [0.29, 0.717) is 5.92 Å². The van der Waals surface area contributed by atoms with Crippen LogP contribution in [0, 0.1) is 5.92 Å². The van der Waals surface area contributed by atoms with Gasteiger partial charge in [-0.1, -0.05) is 43.1 Å². The molecule has 1 aromatic carbocycles. The molecule has 0 saturated heterocycles. The number of halogens is 2. The van der Waals surface area contributed by atoms with Gasteiger partial charge in [0.05, 0.1) is 0 Å². The molecule has 1 aromatic rings. The first kappa shape index (κ1) is 12.8. The first-order chi connectivity index (χ1) is 7.15. The molecule has 1 unspecified atom stereocenters. The zero-order valence-electron chi connectivity index (χ0n) is 9.19. The maximum atomic E-state index is 6.10. The number of rotatable bonds is 5. The standard InChI is InChI=1S/C12H17Cl2N/c1-3-15-8-9(2)7-10-11(13)5-4-6-12(10)14/h4-6,9,15H,3,7-8H2,1-2H3. The van der Waals surface area contributed by atoms with E-state index in [4.69, 9.17) is 23.2 Å². The van der Waals surface area contributed by atoms with Crippen LogP contribution in [-0.4, -0.2) is 13.1 Å². The minimum absolute atomic E-state index is 0.544. The van der Waals surface area contributed by atoms with Gasteiger partial charge in [-0.2, -0.15) is 0 Å². The highest BCUT2D eigenvalue weighted by Crippen LogP contribution is 2.26. The zero-order chi connectivity index (χ0) is 11.3. The number of hydrogen-bond donors (Lipinski definition) is 1. The van der Waals surface area contributed by atoms with E-state index in [1.807, 2.05) is 18.2 Å². The molecule has 0 fully saturated rings. The fourth-order valence-electron chi connectivity index (χ4n) is 1.54. The molecule has 0 amide bonds. The fraction of sp³-hybridized carbons (Fsp3) is 0.500. The highest BCUT2D eigenvalue weighted by molar-refractivity contribution is 6.35. The molecule has 3 heteroatoms. The first-order valence-corrected chi connectivity index (χ1v) is 6.04. The van der Waals surface area contributed by atoms with E-state index in [2.05, 4.69) is 19.2 Å². The lowest BCUT2D eigenvalue weighted by molar-refractivity contribution is 0.521. The summed E-state index contributed by atoms with van der Waals surface area (Å²) in [6.07, 6.45) is 0.922. The third kappa shape index (κ3) is 4.02. The van der Waals surface area contributed by atoms with Crippen molar-refractivity contribution in [1.29, 1.82) is 0 Å². The lowest BCUT2D eigenvalue weighted by atomic mass is 10.0. The Bertz CT molecular complexity index is 292. The normalized spacial score (nSPS) is 12.8. The van der Waals surface area contributed by atoms with Gasteiger partial charge in [0.15, 0.2) is 0 Å². The Morgan fingerprint density at radius 2 is 1.87 bits per heavy atom. The van der Waals surface area contributed by atoms with Gasteiger partial charge in [0.25, 0.3) is 0 Å². The molecule has 0 aliphatic rings. The molecule has 15 heavy (non-hydrogen) atoms. The number of nitrogens with one attached hydrogen (secondary N) is 1. The zero-order valence-corrected chi connectivity index (χ0v) is 10.7. The van der Waals surface area contributed by atoms with E-state index in [-0.39, 0.29) is 0 Å². The average molecular weight is 246 g/mol.